The molecule has 138 valence electrons. The van der Waals surface area contributed by atoms with Crippen LogP contribution in [0.15, 0.2) is 60.9 Å². The molecule has 0 atom stereocenters. The van der Waals surface area contributed by atoms with Gasteiger partial charge in [0, 0.05) is 18.1 Å². The Bertz CT molecular complexity index is 896. The lowest BCUT2D eigenvalue weighted by Crippen LogP contribution is -2.13. The van der Waals surface area contributed by atoms with Crippen molar-refractivity contribution in [3.05, 3.63) is 66.5 Å². The van der Waals surface area contributed by atoms with Crippen molar-refractivity contribution in [2.45, 2.75) is 6.92 Å². The maximum atomic E-state index is 12.3. The Labute approximate surface area is 157 Å². The summed E-state index contributed by atoms with van der Waals surface area (Å²) in [5.74, 6) is 1.52. The van der Waals surface area contributed by atoms with Gasteiger partial charge in [-0.2, -0.15) is 0 Å². The van der Waals surface area contributed by atoms with Gasteiger partial charge in [0.2, 0.25) is 5.95 Å². The number of carbonyl (C=O) groups excluding carboxylic acids is 1. The third-order valence-electron chi connectivity index (χ3n) is 3.70. The molecule has 2 N–H and O–H groups in total. The molecule has 7 heteroatoms. The Morgan fingerprint density at radius 2 is 1.74 bits per heavy atom. The molecule has 0 bridgehead atoms. The molecule has 1 aromatic heterocycles. The number of hydrogen-bond acceptors (Lipinski definition) is 6. The van der Waals surface area contributed by atoms with Crippen LogP contribution < -0.4 is 20.1 Å². The first-order valence-electron chi connectivity index (χ1n) is 8.46. The van der Waals surface area contributed by atoms with Crippen LogP contribution in [0.25, 0.3) is 0 Å². The highest BCUT2D eigenvalue weighted by Gasteiger charge is 2.09. The van der Waals surface area contributed by atoms with E-state index in [9.17, 15) is 4.79 Å². The molecule has 0 fully saturated rings. The summed E-state index contributed by atoms with van der Waals surface area (Å²) in [5, 5.41) is 5.88. The van der Waals surface area contributed by atoms with E-state index in [1.54, 1.807) is 31.4 Å². The van der Waals surface area contributed by atoms with Gasteiger partial charge in [0.25, 0.3) is 5.91 Å². The molecule has 1 amide bonds. The highest BCUT2D eigenvalue weighted by Crippen LogP contribution is 2.26. The molecule has 0 aliphatic heterocycles. The number of amides is 1. The average Bonchev–Trinajstić information content (AvgIpc) is 2.71. The zero-order valence-corrected chi connectivity index (χ0v) is 15.1. The summed E-state index contributed by atoms with van der Waals surface area (Å²) in [4.78, 5) is 20.7. The fourth-order valence-corrected chi connectivity index (χ4v) is 2.36. The molecule has 2 aromatic carbocycles. The fraction of sp³-hybridized carbons (Fsp3) is 0.150. The van der Waals surface area contributed by atoms with Crippen LogP contribution in [0, 0.1) is 0 Å². The Kier molecular flexibility index (Phi) is 5.84. The molecular formula is C20H20N4O3. The van der Waals surface area contributed by atoms with E-state index in [-0.39, 0.29) is 5.91 Å². The van der Waals surface area contributed by atoms with Crippen LogP contribution >= 0.6 is 0 Å². The van der Waals surface area contributed by atoms with Crippen LogP contribution in [0.5, 0.6) is 11.5 Å². The molecular weight excluding hydrogens is 344 g/mol. The number of para-hydroxylation sites is 2. The number of carbonyl (C=O) groups is 1. The minimum absolute atomic E-state index is 0.290. The van der Waals surface area contributed by atoms with Gasteiger partial charge in [0.1, 0.15) is 11.5 Å². The van der Waals surface area contributed by atoms with Crippen LogP contribution in [-0.4, -0.2) is 29.6 Å². The second kappa shape index (κ2) is 8.66. The normalized spacial score (nSPS) is 10.1. The van der Waals surface area contributed by atoms with Crippen molar-refractivity contribution in [1.82, 2.24) is 9.97 Å². The van der Waals surface area contributed by atoms with Gasteiger partial charge in [0.05, 0.1) is 25.0 Å². The summed E-state index contributed by atoms with van der Waals surface area (Å²) in [6, 6.07) is 14.6. The first-order chi connectivity index (χ1) is 13.2. The van der Waals surface area contributed by atoms with E-state index >= 15 is 0 Å². The molecule has 0 saturated carbocycles. The number of methoxy groups -OCH3 is 1. The molecule has 7 nitrogen and oxygen atoms in total. The highest BCUT2D eigenvalue weighted by molar-refractivity contribution is 6.03. The SMILES string of the molecule is CCOc1ccccc1Nc1ncc(C(=O)Nc2ccc(OC)cc2)cn1. The van der Waals surface area contributed by atoms with Gasteiger partial charge in [-0.25, -0.2) is 9.97 Å². The largest absolute Gasteiger partial charge is 0.497 e. The lowest BCUT2D eigenvalue weighted by atomic mass is 10.2. The number of hydrogen-bond donors (Lipinski definition) is 2. The van der Waals surface area contributed by atoms with Crippen molar-refractivity contribution in [2.75, 3.05) is 24.4 Å². The molecule has 0 aliphatic rings. The summed E-state index contributed by atoms with van der Waals surface area (Å²) in [5.41, 5.74) is 1.78. The van der Waals surface area contributed by atoms with Crippen molar-refractivity contribution in [3.8, 4) is 11.5 Å². The first-order valence-corrected chi connectivity index (χ1v) is 8.46. The number of aromatic nitrogens is 2. The number of rotatable bonds is 7. The van der Waals surface area contributed by atoms with E-state index in [0.29, 0.717) is 29.6 Å². The Morgan fingerprint density at radius 3 is 2.41 bits per heavy atom. The van der Waals surface area contributed by atoms with Gasteiger partial charge in [-0.05, 0) is 43.3 Å². The van der Waals surface area contributed by atoms with Crippen LogP contribution in [-0.2, 0) is 0 Å². The number of ether oxygens (including phenoxy) is 2. The molecule has 0 spiro atoms. The summed E-state index contributed by atoms with van der Waals surface area (Å²) >= 11 is 0. The highest BCUT2D eigenvalue weighted by atomic mass is 16.5. The molecule has 3 rings (SSSR count). The van der Waals surface area contributed by atoms with Crippen LogP contribution in [0.2, 0.25) is 0 Å². The van der Waals surface area contributed by atoms with E-state index < -0.39 is 0 Å². The van der Waals surface area contributed by atoms with E-state index in [2.05, 4.69) is 20.6 Å². The average molecular weight is 364 g/mol. The Balaban J connectivity index is 1.66. The van der Waals surface area contributed by atoms with Crippen molar-refractivity contribution in [2.24, 2.45) is 0 Å². The minimum atomic E-state index is -0.290. The van der Waals surface area contributed by atoms with Crippen molar-refractivity contribution in [1.29, 1.82) is 0 Å². The van der Waals surface area contributed by atoms with Crippen LogP contribution in [0.3, 0.4) is 0 Å². The fourth-order valence-electron chi connectivity index (χ4n) is 2.36. The maximum absolute atomic E-state index is 12.3. The second-order valence-corrected chi connectivity index (χ2v) is 5.53. The number of benzene rings is 2. The van der Waals surface area contributed by atoms with Crippen LogP contribution in [0.4, 0.5) is 17.3 Å². The third kappa shape index (κ3) is 4.72. The van der Waals surface area contributed by atoms with Crippen LogP contribution in [0.1, 0.15) is 17.3 Å². The molecule has 3 aromatic rings. The molecule has 1 heterocycles. The van der Waals surface area contributed by atoms with Gasteiger partial charge in [-0.3, -0.25) is 4.79 Å². The molecule has 0 saturated heterocycles. The van der Waals surface area contributed by atoms with E-state index in [4.69, 9.17) is 9.47 Å². The lowest BCUT2D eigenvalue weighted by Gasteiger charge is -2.11. The Hall–Kier alpha value is -3.61. The summed E-state index contributed by atoms with van der Waals surface area (Å²) in [6.07, 6.45) is 2.94. The maximum Gasteiger partial charge on any atom is 0.258 e. The van der Waals surface area contributed by atoms with Crippen molar-refractivity contribution in [3.63, 3.8) is 0 Å². The molecule has 0 radical (unpaired) electrons. The topological polar surface area (TPSA) is 85.4 Å². The molecule has 0 aliphatic carbocycles. The zero-order valence-electron chi connectivity index (χ0n) is 15.1. The van der Waals surface area contributed by atoms with Crippen molar-refractivity contribution < 1.29 is 14.3 Å². The zero-order chi connectivity index (χ0) is 19.1. The molecule has 27 heavy (non-hydrogen) atoms. The summed E-state index contributed by atoms with van der Waals surface area (Å²) in [7, 11) is 1.59. The minimum Gasteiger partial charge on any atom is -0.497 e. The van der Waals surface area contributed by atoms with Gasteiger partial charge in [-0.15, -0.1) is 0 Å². The second-order valence-electron chi connectivity index (χ2n) is 5.53. The summed E-state index contributed by atoms with van der Waals surface area (Å²) < 4.78 is 10.7. The molecule has 0 unspecified atom stereocenters. The monoisotopic (exact) mass is 364 g/mol. The van der Waals surface area contributed by atoms with Gasteiger partial charge >= 0.3 is 0 Å². The predicted molar refractivity (Wildman–Crippen MR) is 104 cm³/mol. The Morgan fingerprint density at radius 1 is 1.04 bits per heavy atom. The first kappa shape index (κ1) is 18.2. The smallest absolute Gasteiger partial charge is 0.258 e. The van der Waals surface area contributed by atoms with Gasteiger partial charge < -0.3 is 20.1 Å². The standard InChI is InChI=1S/C20H20N4O3/c1-3-27-18-7-5-4-6-17(18)24-20-21-12-14(13-22-20)19(25)23-15-8-10-16(26-2)11-9-15/h4-13H,3H2,1-2H3,(H,23,25)(H,21,22,24). The van der Waals surface area contributed by atoms with Crippen molar-refractivity contribution >= 4 is 23.2 Å². The predicted octanol–water partition coefficient (Wildman–Crippen LogP) is 3.88. The summed E-state index contributed by atoms with van der Waals surface area (Å²) in [6.45, 7) is 2.48. The number of nitrogens with one attached hydrogen (secondary N) is 2. The van der Waals surface area contributed by atoms with E-state index in [1.807, 2.05) is 31.2 Å². The quantitative estimate of drug-likeness (QED) is 0.662. The number of anilines is 3. The third-order valence-corrected chi connectivity index (χ3v) is 3.70. The lowest BCUT2D eigenvalue weighted by molar-refractivity contribution is 0.102. The van der Waals surface area contributed by atoms with E-state index in [0.717, 1.165) is 11.4 Å². The van der Waals surface area contributed by atoms with Gasteiger partial charge in [0.15, 0.2) is 0 Å². The number of nitrogens with zero attached hydrogens (tertiary/aromatic N) is 2. The van der Waals surface area contributed by atoms with E-state index in [1.165, 1.54) is 12.4 Å². The van der Waals surface area contributed by atoms with Gasteiger partial charge in [-0.1, -0.05) is 12.1 Å².